The molecule has 0 aliphatic carbocycles. The standard InChI is InChI=1S/C12H17NO/c1-9(13)8-11-5-2-4-10-6-3-7-14-12(10)11/h2,4-5,9H,3,6-8,13H2,1H3. The van der Waals surface area contributed by atoms with Gasteiger partial charge in [0.2, 0.25) is 0 Å². The van der Waals surface area contributed by atoms with Crippen LogP contribution in [0.2, 0.25) is 0 Å². The van der Waals surface area contributed by atoms with Gasteiger partial charge in [0.15, 0.2) is 0 Å². The highest BCUT2D eigenvalue weighted by Gasteiger charge is 2.14. The Morgan fingerprint density at radius 1 is 1.50 bits per heavy atom. The third-order valence-electron chi connectivity index (χ3n) is 2.56. The first-order valence-corrected chi connectivity index (χ1v) is 5.26. The van der Waals surface area contributed by atoms with Crippen LogP contribution in [0.4, 0.5) is 0 Å². The number of nitrogens with two attached hydrogens (primary N) is 1. The molecule has 1 unspecified atom stereocenters. The monoisotopic (exact) mass is 191 g/mol. The van der Waals surface area contributed by atoms with Crippen molar-refractivity contribution in [3.63, 3.8) is 0 Å². The van der Waals surface area contributed by atoms with E-state index < -0.39 is 0 Å². The number of aryl methyl sites for hydroxylation is 1. The molecular weight excluding hydrogens is 174 g/mol. The van der Waals surface area contributed by atoms with E-state index in [1.165, 1.54) is 11.1 Å². The lowest BCUT2D eigenvalue weighted by atomic mass is 9.99. The number of benzene rings is 1. The topological polar surface area (TPSA) is 35.2 Å². The molecule has 1 aliphatic rings. The summed E-state index contributed by atoms with van der Waals surface area (Å²) >= 11 is 0. The van der Waals surface area contributed by atoms with Gasteiger partial charge in [-0.2, -0.15) is 0 Å². The van der Waals surface area contributed by atoms with Crippen LogP contribution in [-0.2, 0) is 12.8 Å². The van der Waals surface area contributed by atoms with Crippen LogP contribution in [0.3, 0.4) is 0 Å². The van der Waals surface area contributed by atoms with E-state index in [1.807, 2.05) is 6.92 Å². The van der Waals surface area contributed by atoms with Crippen molar-refractivity contribution in [1.82, 2.24) is 0 Å². The summed E-state index contributed by atoms with van der Waals surface area (Å²) in [6, 6.07) is 6.57. The molecule has 1 atom stereocenters. The third kappa shape index (κ3) is 1.90. The van der Waals surface area contributed by atoms with E-state index in [9.17, 15) is 0 Å². The molecule has 0 fully saturated rings. The lowest BCUT2D eigenvalue weighted by Crippen LogP contribution is -2.19. The summed E-state index contributed by atoms with van der Waals surface area (Å²) in [5.74, 6) is 1.09. The average molecular weight is 191 g/mol. The van der Waals surface area contributed by atoms with Gasteiger partial charge in [0.1, 0.15) is 5.75 Å². The van der Waals surface area contributed by atoms with Gasteiger partial charge in [-0.1, -0.05) is 18.2 Å². The van der Waals surface area contributed by atoms with Crippen molar-refractivity contribution >= 4 is 0 Å². The second-order valence-electron chi connectivity index (χ2n) is 4.04. The van der Waals surface area contributed by atoms with Gasteiger partial charge in [0.25, 0.3) is 0 Å². The maximum Gasteiger partial charge on any atom is 0.125 e. The number of ether oxygens (including phenoxy) is 1. The molecule has 0 radical (unpaired) electrons. The highest BCUT2D eigenvalue weighted by atomic mass is 16.5. The molecule has 0 bridgehead atoms. The number of hydrogen-bond donors (Lipinski definition) is 1. The Bertz CT molecular complexity index is 320. The minimum absolute atomic E-state index is 0.201. The van der Waals surface area contributed by atoms with Crippen molar-refractivity contribution < 1.29 is 4.74 Å². The Kier molecular flexibility index (Phi) is 2.73. The van der Waals surface area contributed by atoms with Crippen molar-refractivity contribution in [2.75, 3.05) is 6.61 Å². The zero-order valence-electron chi connectivity index (χ0n) is 8.62. The fourth-order valence-electron chi connectivity index (χ4n) is 1.96. The fourth-order valence-corrected chi connectivity index (χ4v) is 1.96. The predicted octanol–water partition coefficient (Wildman–Crippen LogP) is 1.90. The summed E-state index contributed by atoms with van der Waals surface area (Å²) in [4.78, 5) is 0. The van der Waals surface area contributed by atoms with Crippen LogP contribution >= 0.6 is 0 Å². The molecule has 0 saturated heterocycles. The Balaban J connectivity index is 2.30. The first kappa shape index (κ1) is 9.53. The maximum absolute atomic E-state index is 5.80. The molecule has 1 aliphatic heterocycles. The summed E-state index contributed by atoms with van der Waals surface area (Å²) in [6.07, 6.45) is 3.18. The van der Waals surface area contributed by atoms with Crippen molar-refractivity contribution in [2.45, 2.75) is 32.2 Å². The van der Waals surface area contributed by atoms with Crippen LogP contribution in [-0.4, -0.2) is 12.6 Å². The lowest BCUT2D eigenvalue weighted by molar-refractivity contribution is 0.284. The second-order valence-corrected chi connectivity index (χ2v) is 4.04. The average Bonchev–Trinajstić information content (AvgIpc) is 2.18. The minimum Gasteiger partial charge on any atom is -0.493 e. The lowest BCUT2D eigenvalue weighted by Gasteiger charge is -2.20. The molecule has 0 aromatic heterocycles. The van der Waals surface area contributed by atoms with Crippen LogP contribution in [0, 0.1) is 0 Å². The van der Waals surface area contributed by atoms with Crippen LogP contribution in [0.25, 0.3) is 0 Å². The Morgan fingerprint density at radius 2 is 2.36 bits per heavy atom. The van der Waals surface area contributed by atoms with Crippen molar-refractivity contribution in [3.8, 4) is 5.75 Å². The van der Waals surface area contributed by atoms with Crippen molar-refractivity contribution in [1.29, 1.82) is 0 Å². The normalized spacial score (nSPS) is 17.0. The Hall–Kier alpha value is -1.02. The van der Waals surface area contributed by atoms with Gasteiger partial charge < -0.3 is 10.5 Å². The van der Waals surface area contributed by atoms with Crippen molar-refractivity contribution in [2.24, 2.45) is 5.73 Å². The Morgan fingerprint density at radius 3 is 3.14 bits per heavy atom. The van der Waals surface area contributed by atoms with Crippen molar-refractivity contribution in [3.05, 3.63) is 29.3 Å². The fraction of sp³-hybridized carbons (Fsp3) is 0.500. The van der Waals surface area contributed by atoms with E-state index in [4.69, 9.17) is 10.5 Å². The summed E-state index contributed by atoms with van der Waals surface area (Å²) < 4.78 is 5.70. The van der Waals surface area contributed by atoms with Gasteiger partial charge in [0, 0.05) is 6.04 Å². The smallest absolute Gasteiger partial charge is 0.125 e. The van der Waals surface area contributed by atoms with Gasteiger partial charge in [-0.3, -0.25) is 0 Å². The van der Waals surface area contributed by atoms with Gasteiger partial charge >= 0.3 is 0 Å². The van der Waals surface area contributed by atoms with Gasteiger partial charge in [-0.15, -0.1) is 0 Å². The van der Waals surface area contributed by atoms with E-state index in [2.05, 4.69) is 18.2 Å². The van der Waals surface area contributed by atoms with E-state index >= 15 is 0 Å². The molecule has 0 amide bonds. The molecule has 76 valence electrons. The largest absolute Gasteiger partial charge is 0.493 e. The highest BCUT2D eigenvalue weighted by molar-refractivity contribution is 5.43. The summed E-state index contributed by atoms with van der Waals surface area (Å²) in [6.45, 7) is 2.88. The molecule has 0 spiro atoms. The van der Waals surface area contributed by atoms with E-state index in [-0.39, 0.29) is 6.04 Å². The number of para-hydroxylation sites is 1. The SMILES string of the molecule is CC(N)Cc1cccc2c1OCCC2. The summed E-state index contributed by atoms with van der Waals surface area (Å²) in [7, 11) is 0. The van der Waals surface area contributed by atoms with Crippen LogP contribution in [0.1, 0.15) is 24.5 Å². The summed E-state index contributed by atoms with van der Waals surface area (Å²) in [5, 5.41) is 0. The number of fused-ring (bicyclic) bond motifs is 1. The maximum atomic E-state index is 5.80. The van der Waals surface area contributed by atoms with E-state index in [0.717, 1.165) is 31.6 Å². The predicted molar refractivity (Wildman–Crippen MR) is 57.6 cm³/mol. The first-order valence-electron chi connectivity index (χ1n) is 5.26. The second kappa shape index (κ2) is 4.01. The molecule has 0 saturated carbocycles. The van der Waals surface area contributed by atoms with E-state index in [0.29, 0.717) is 0 Å². The third-order valence-corrected chi connectivity index (χ3v) is 2.56. The van der Waals surface area contributed by atoms with Crippen LogP contribution in [0.5, 0.6) is 5.75 Å². The highest BCUT2D eigenvalue weighted by Crippen LogP contribution is 2.29. The summed E-state index contributed by atoms with van der Waals surface area (Å²) in [5.41, 5.74) is 8.41. The molecule has 14 heavy (non-hydrogen) atoms. The molecule has 2 rings (SSSR count). The first-order chi connectivity index (χ1) is 6.77. The quantitative estimate of drug-likeness (QED) is 0.775. The molecule has 1 aromatic rings. The van der Waals surface area contributed by atoms with Gasteiger partial charge in [0.05, 0.1) is 6.61 Å². The van der Waals surface area contributed by atoms with Crippen LogP contribution in [0.15, 0.2) is 18.2 Å². The molecule has 2 nitrogen and oxygen atoms in total. The molecule has 2 heteroatoms. The molecule has 1 aromatic carbocycles. The molecular formula is C12H17NO. The van der Waals surface area contributed by atoms with Crippen LogP contribution < -0.4 is 10.5 Å². The number of hydrogen-bond acceptors (Lipinski definition) is 2. The van der Waals surface area contributed by atoms with E-state index in [1.54, 1.807) is 0 Å². The Labute approximate surface area is 85.1 Å². The molecule has 2 N–H and O–H groups in total. The van der Waals surface area contributed by atoms with Gasteiger partial charge in [-0.25, -0.2) is 0 Å². The molecule has 1 heterocycles. The minimum atomic E-state index is 0.201. The zero-order valence-corrected chi connectivity index (χ0v) is 8.62. The van der Waals surface area contributed by atoms with Gasteiger partial charge in [-0.05, 0) is 37.3 Å². The zero-order chi connectivity index (χ0) is 9.97. The number of rotatable bonds is 2.